The van der Waals surface area contributed by atoms with Crippen LogP contribution < -0.4 is 10.2 Å². The molecule has 2 amide bonds. The van der Waals surface area contributed by atoms with Crippen LogP contribution in [-0.2, 0) is 9.53 Å². The van der Waals surface area contributed by atoms with Gasteiger partial charge in [-0.2, -0.15) is 0 Å². The number of amides is 2. The quantitative estimate of drug-likeness (QED) is 0.649. The van der Waals surface area contributed by atoms with Gasteiger partial charge in [0.05, 0.1) is 11.9 Å². The van der Waals surface area contributed by atoms with Crippen molar-refractivity contribution in [2.75, 3.05) is 36.4 Å². The molecule has 0 aliphatic carbocycles. The SMILES string of the molecule is C/C=C/C=C/C(=O)Nc1ccc(N2CCN(C(=O)OC(C)(C)C)CC2)cn1. The normalized spacial score (nSPS) is 15.4. The monoisotopic (exact) mass is 372 g/mol. The van der Waals surface area contributed by atoms with Crippen LogP contribution in [0.15, 0.2) is 42.6 Å². The standard InChI is InChI=1S/C20H28N4O3/c1-5-6-7-8-18(25)22-17-10-9-16(15-21-17)23-11-13-24(14-12-23)19(26)27-20(2,3)4/h5-10,15H,11-14H2,1-4H3,(H,21,22,25)/b6-5+,8-7+. The summed E-state index contributed by atoms with van der Waals surface area (Å²) in [5.74, 6) is 0.278. The summed E-state index contributed by atoms with van der Waals surface area (Å²) in [5, 5.41) is 2.72. The minimum absolute atomic E-state index is 0.223. The molecule has 1 aliphatic rings. The summed E-state index contributed by atoms with van der Waals surface area (Å²) in [6.45, 7) is 10.1. The van der Waals surface area contributed by atoms with Crippen LogP contribution in [0.25, 0.3) is 0 Å². The largest absolute Gasteiger partial charge is 0.444 e. The van der Waals surface area contributed by atoms with Crippen molar-refractivity contribution in [3.8, 4) is 0 Å². The molecule has 0 aromatic carbocycles. The van der Waals surface area contributed by atoms with E-state index < -0.39 is 5.60 Å². The number of anilines is 2. The fourth-order valence-corrected chi connectivity index (χ4v) is 2.54. The molecule has 0 atom stereocenters. The molecule has 1 aromatic heterocycles. The molecule has 1 N–H and O–H groups in total. The lowest BCUT2D eigenvalue weighted by atomic mass is 10.2. The number of hydrogen-bond donors (Lipinski definition) is 1. The molecule has 2 rings (SSSR count). The lowest BCUT2D eigenvalue weighted by Gasteiger charge is -2.36. The third-order valence-corrected chi connectivity index (χ3v) is 3.85. The molecule has 0 radical (unpaired) electrons. The van der Waals surface area contributed by atoms with E-state index in [9.17, 15) is 9.59 Å². The van der Waals surface area contributed by atoms with Crippen molar-refractivity contribution in [2.24, 2.45) is 0 Å². The molecule has 1 aromatic rings. The number of allylic oxidation sites excluding steroid dienone is 3. The summed E-state index contributed by atoms with van der Waals surface area (Å²) in [6.07, 6.45) is 8.21. The van der Waals surface area contributed by atoms with Gasteiger partial charge in [-0.3, -0.25) is 4.79 Å². The van der Waals surface area contributed by atoms with Crippen molar-refractivity contribution in [3.63, 3.8) is 0 Å². The Morgan fingerprint density at radius 1 is 1.15 bits per heavy atom. The maximum Gasteiger partial charge on any atom is 0.410 e. The van der Waals surface area contributed by atoms with E-state index >= 15 is 0 Å². The van der Waals surface area contributed by atoms with Crippen LogP contribution in [0.2, 0.25) is 0 Å². The van der Waals surface area contributed by atoms with Crippen molar-refractivity contribution in [2.45, 2.75) is 33.3 Å². The van der Waals surface area contributed by atoms with Crippen LogP contribution in [-0.4, -0.2) is 53.7 Å². The molecular weight excluding hydrogens is 344 g/mol. The van der Waals surface area contributed by atoms with Crippen molar-refractivity contribution < 1.29 is 14.3 Å². The van der Waals surface area contributed by atoms with E-state index in [-0.39, 0.29) is 12.0 Å². The molecule has 7 heteroatoms. The van der Waals surface area contributed by atoms with E-state index in [0.29, 0.717) is 32.0 Å². The van der Waals surface area contributed by atoms with Crippen molar-refractivity contribution in [1.82, 2.24) is 9.88 Å². The second kappa shape index (κ2) is 9.21. The zero-order valence-corrected chi connectivity index (χ0v) is 16.4. The minimum Gasteiger partial charge on any atom is -0.444 e. The maximum absolute atomic E-state index is 12.1. The summed E-state index contributed by atoms with van der Waals surface area (Å²) in [5.41, 5.74) is 0.474. The number of ether oxygens (including phenoxy) is 1. The van der Waals surface area contributed by atoms with Crippen LogP contribution in [0, 0.1) is 0 Å². The average molecular weight is 372 g/mol. The Morgan fingerprint density at radius 2 is 1.85 bits per heavy atom. The number of carbonyl (C=O) groups is 2. The molecule has 0 saturated carbocycles. The lowest BCUT2D eigenvalue weighted by molar-refractivity contribution is -0.111. The van der Waals surface area contributed by atoms with Crippen LogP contribution in [0.3, 0.4) is 0 Å². The second-order valence-corrected chi connectivity index (χ2v) is 7.23. The Bertz CT molecular complexity index is 697. The van der Waals surface area contributed by atoms with Gasteiger partial charge < -0.3 is 19.9 Å². The van der Waals surface area contributed by atoms with Crippen LogP contribution in [0.1, 0.15) is 27.7 Å². The smallest absolute Gasteiger partial charge is 0.410 e. The highest BCUT2D eigenvalue weighted by molar-refractivity contribution is 5.98. The van der Waals surface area contributed by atoms with Gasteiger partial charge in [0.2, 0.25) is 5.91 Å². The van der Waals surface area contributed by atoms with Crippen molar-refractivity contribution in [1.29, 1.82) is 0 Å². The predicted molar refractivity (Wildman–Crippen MR) is 107 cm³/mol. The first kappa shape index (κ1) is 20.5. The van der Waals surface area contributed by atoms with Crippen molar-refractivity contribution >= 4 is 23.5 Å². The third-order valence-electron chi connectivity index (χ3n) is 3.85. The number of nitrogens with zero attached hydrogens (tertiary/aromatic N) is 3. The summed E-state index contributed by atoms with van der Waals surface area (Å²) >= 11 is 0. The van der Waals surface area contributed by atoms with Gasteiger partial charge in [-0.1, -0.05) is 18.2 Å². The number of rotatable bonds is 4. The van der Waals surface area contributed by atoms with Gasteiger partial charge in [-0.25, -0.2) is 9.78 Å². The van der Waals surface area contributed by atoms with E-state index in [2.05, 4.69) is 15.2 Å². The van der Waals surface area contributed by atoms with E-state index in [1.165, 1.54) is 6.08 Å². The van der Waals surface area contributed by atoms with Gasteiger partial charge in [-0.15, -0.1) is 0 Å². The number of piperazine rings is 1. The minimum atomic E-state index is -0.486. The van der Waals surface area contributed by atoms with Crippen LogP contribution >= 0.6 is 0 Å². The average Bonchev–Trinajstić information content (AvgIpc) is 2.61. The molecule has 146 valence electrons. The van der Waals surface area contributed by atoms with Crippen LogP contribution in [0.4, 0.5) is 16.3 Å². The first-order valence-corrected chi connectivity index (χ1v) is 9.08. The molecule has 7 nitrogen and oxygen atoms in total. The van der Waals surface area contributed by atoms with E-state index in [1.807, 2.05) is 39.8 Å². The number of aromatic nitrogens is 1. The van der Waals surface area contributed by atoms with E-state index in [0.717, 1.165) is 5.69 Å². The highest BCUT2D eigenvalue weighted by Gasteiger charge is 2.26. The molecular formula is C20H28N4O3. The third kappa shape index (κ3) is 6.77. The molecule has 1 aliphatic heterocycles. The Hall–Kier alpha value is -2.83. The van der Waals surface area contributed by atoms with Gasteiger partial charge >= 0.3 is 6.09 Å². The Morgan fingerprint density at radius 3 is 2.41 bits per heavy atom. The van der Waals surface area contributed by atoms with Gasteiger partial charge in [0, 0.05) is 32.3 Å². The number of pyridine rings is 1. The number of carbonyl (C=O) groups excluding carboxylic acids is 2. The summed E-state index contributed by atoms with van der Waals surface area (Å²) in [4.78, 5) is 32.0. The van der Waals surface area contributed by atoms with Gasteiger partial charge in [0.1, 0.15) is 11.4 Å². The fraction of sp³-hybridized carbons (Fsp3) is 0.450. The Labute approximate surface area is 160 Å². The molecule has 2 heterocycles. The summed E-state index contributed by atoms with van der Waals surface area (Å²) in [7, 11) is 0. The molecule has 1 saturated heterocycles. The molecule has 1 fully saturated rings. The topological polar surface area (TPSA) is 74.8 Å². The second-order valence-electron chi connectivity index (χ2n) is 7.23. The summed E-state index contributed by atoms with van der Waals surface area (Å²) < 4.78 is 5.41. The van der Waals surface area contributed by atoms with Gasteiger partial charge in [-0.05, 0) is 39.8 Å². The molecule has 27 heavy (non-hydrogen) atoms. The first-order valence-electron chi connectivity index (χ1n) is 9.08. The fourth-order valence-electron chi connectivity index (χ4n) is 2.54. The number of hydrogen-bond acceptors (Lipinski definition) is 5. The van der Waals surface area contributed by atoms with Crippen LogP contribution in [0.5, 0.6) is 0 Å². The van der Waals surface area contributed by atoms with Gasteiger partial charge in [0.25, 0.3) is 0 Å². The Balaban J connectivity index is 1.86. The Kier molecular flexibility index (Phi) is 6.98. The zero-order valence-electron chi connectivity index (χ0n) is 16.4. The van der Waals surface area contributed by atoms with Crippen molar-refractivity contribution in [3.05, 3.63) is 42.6 Å². The highest BCUT2D eigenvalue weighted by Crippen LogP contribution is 2.18. The highest BCUT2D eigenvalue weighted by atomic mass is 16.6. The van der Waals surface area contributed by atoms with E-state index in [1.54, 1.807) is 29.3 Å². The zero-order chi connectivity index (χ0) is 19.9. The predicted octanol–water partition coefficient (Wildman–Crippen LogP) is 3.21. The first-order chi connectivity index (χ1) is 12.8. The number of nitrogens with one attached hydrogen (secondary N) is 1. The summed E-state index contributed by atoms with van der Waals surface area (Å²) in [6, 6.07) is 3.69. The van der Waals surface area contributed by atoms with E-state index in [4.69, 9.17) is 4.74 Å². The molecule has 0 unspecified atom stereocenters. The van der Waals surface area contributed by atoms with Gasteiger partial charge in [0.15, 0.2) is 0 Å². The lowest BCUT2D eigenvalue weighted by Crippen LogP contribution is -2.50. The molecule has 0 bridgehead atoms. The maximum atomic E-state index is 12.1. The molecule has 0 spiro atoms.